The Morgan fingerprint density at radius 1 is 1.41 bits per heavy atom. The van der Waals surface area contributed by atoms with Crippen molar-refractivity contribution in [3.8, 4) is 0 Å². The molecular formula is C14H20ClNO. The van der Waals surface area contributed by atoms with E-state index in [4.69, 9.17) is 11.6 Å². The molecule has 1 N–H and O–H groups in total. The highest BCUT2D eigenvalue weighted by Crippen LogP contribution is 2.30. The largest absolute Gasteiger partial charge is 0.389 e. The maximum Gasteiger partial charge on any atom is 0.0762 e. The minimum Gasteiger partial charge on any atom is -0.389 e. The van der Waals surface area contributed by atoms with E-state index in [1.807, 2.05) is 24.3 Å². The molecule has 0 saturated carbocycles. The molecule has 1 atom stereocenters. The maximum atomic E-state index is 9.50. The highest BCUT2D eigenvalue weighted by Gasteiger charge is 2.13. The predicted octanol–water partition coefficient (Wildman–Crippen LogP) is 3.79. The number of aliphatic hydroxyl groups excluding tert-OH is 1. The van der Waals surface area contributed by atoms with Crippen LogP contribution < -0.4 is 4.90 Å². The van der Waals surface area contributed by atoms with Crippen molar-refractivity contribution in [2.75, 3.05) is 11.4 Å². The molecule has 0 aromatic heterocycles. The smallest absolute Gasteiger partial charge is 0.0762 e. The molecule has 0 radical (unpaired) electrons. The molecule has 0 aliphatic carbocycles. The molecule has 1 unspecified atom stereocenters. The summed E-state index contributed by atoms with van der Waals surface area (Å²) in [7, 11) is 0. The standard InChI is InChI=1S/C14H20ClNO/c1-5-8-16(10(2)3)14-7-6-12(11(4)17)9-13(14)15/h5-7,9-11,17H,1,8H2,2-4H3. The summed E-state index contributed by atoms with van der Waals surface area (Å²) in [6.07, 6.45) is 1.37. The summed E-state index contributed by atoms with van der Waals surface area (Å²) in [5.41, 5.74) is 1.81. The zero-order valence-electron chi connectivity index (χ0n) is 10.7. The van der Waals surface area contributed by atoms with Gasteiger partial charge in [-0.15, -0.1) is 6.58 Å². The van der Waals surface area contributed by atoms with Crippen LogP contribution in [0.4, 0.5) is 5.69 Å². The summed E-state index contributed by atoms with van der Waals surface area (Å²) < 4.78 is 0. The Hall–Kier alpha value is -0.990. The first kappa shape index (κ1) is 14.1. The highest BCUT2D eigenvalue weighted by atomic mass is 35.5. The Morgan fingerprint density at radius 2 is 2.06 bits per heavy atom. The van der Waals surface area contributed by atoms with Gasteiger partial charge < -0.3 is 10.0 Å². The van der Waals surface area contributed by atoms with Crippen LogP contribution in [0.5, 0.6) is 0 Å². The molecule has 0 aliphatic rings. The lowest BCUT2D eigenvalue weighted by Crippen LogP contribution is -2.31. The van der Waals surface area contributed by atoms with Crippen LogP contribution in [0.25, 0.3) is 0 Å². The summed E-state index contributed by atoms with van der Waals surface area (Å²) in [6.45, 7) is 10.5. The molecule has 0 heterocycles. The second kappa shape index (κ2) is 6.08. The fraction of sp³-hybridized carbons (Fsp3) is 0.429. The van der Waals surface area contributed by atoms with Gasteiger partial charge in [-0.2, -0.15) is 0 Å². The first-order chi connectivity index (χ1) is 7.97. The van der Waals surface area contributed by atoms with Crippen LogP contribution in [0.2, 0.25) is 5.02 Å². The van der Waals surface area contributed by atoms with E-state index in [9.17, 15) is 5.11 Å². The van der Waals surface area contributed by atoms with Crippen LogP contribution in [0.15, 0.2) is 30.9 Å². The average molecular weight is 254 g/mol. The quantitative estimate of drug-likeness (QED) is 0.807. The molecule has 1 rings (SSSR count). The van der Waals surface area contributed by atoms with Crippen LogP contribution in [0.3, 0.4) is 0 Å². The van der Waals surface area contributed by atoms with Crippen molar-refractivity contribution in [3.05, 3.63) is 41.4 Å². The summed E-state index contributed by atoms with van der Waals surface area (Å²) >= 11 is 6.26. The summed E-state index contributed by atoms with van der Waals surface area (Å²) in [4.78, 5) is 2.17. The predicted molar refractivity (Wildman–Crippen MR) is 74.8 cm³/mol. The molecule has 94 valence electrons. The van der Waals surface area contributed by atoms with E-state index >= 15 is 0 Å². The number of rotatable bonds is 5. The van der Waals surface area contributed by atoms with Crippen molar-refractivity contribution in [2.24, 2.45) is 0 Å². The van der Waals surface area contributed by atoms with Crippen molar-refractivity contribution < 1.29 is 5.11 Å². The minimum absolute atomic E-state index is 0.350. The van der Waals surface area contributed by atoms with Crippen molar-refractivity contribution in [3.63, 3.8) is 0 Å². The average Bonchev–Trinajstić information content (AvgIpc) is 2.26. The van der Waals surface area contributed by atoms with Gasteiger partial charge in [-0.05, 0) is 38.5 Å². The van der Waals surface area contributed by atoms with Crippen LogP contribution >= 0.6 is 11.6 Å². The number of hydrogen-bond acceptors (Lipinski definition) is 2. The molecule has 0 amide bonds. The van der Waals surface area contributed by atoms with Gasteiger partial charge >= 0.3 is 0 Å². The van der Waals surface area contributed by atoms with E-state index < -0.39 is 6.10 Å². The lowest BCUT2D eigenvalue weighted by molar-refractivity contribution is 0.199. The lowest BCUT2D eigenvalue weighted by Gasteiger charge is -2.29. The van der Waals surface area contributed by atoms with Crippen LogP contribution in [-0.4, -0.2) is 17.7 Å². The number of benzene rings is 1. The normalized spacial score (nSPS) is 12.6. The Kier molecular flexibility index (Phi) is 5.03. The Morgan fingerprint density at radius 3 is 2.47 bits per heavy atom. The first-order valence-electron chi connectivity index (χ1n) is 5.82. The third-order valence-electron chi connectivity index (χ3n) is 2.71. The molecule has 0 fully saturated rings. The molecular weight excluding hydrogens is 234 g/mol. The van der Waals surface area contributed by atoms with Gasteiger partial charge in [0.05, 0.1) is 16.8 Å². The Bertz CT molecular complexity index is 388. The molecule has 0 bridgehead atoms. The van der Waals surface area contributed by atoms with Crippen LogP contribution in [0.1, 0.15) is 32.4 Å². The molecule has 0 aliphatic heterocycles. The Balaban J connectivity index is 3.08. The first-order valence-corrected chi connectivity index (χ1v) is 6.20. The molecule has 17 heavy (non-hydrogen) atoms. The van der Waals surface area contributed by atoms with E-state index in [1.165, 1.54) is 0 Å². The topological polar surface area (TPSA) is 23.5 Å². The van der Waals surface area contributed by atoms with E-state index in [-0.39, 0.29) is 0 Å². The van der Waals surface area contributed by atoms with Gasteiger partial charge in [-0.1, -0.05) is 23.7 Å². The minimum atomic E-state index is -0.492. The molecule has 3 heteroatoms. The van der Waals surface area contributed by atoms with E-state index in [1.54, 1.807) is 6.92 Å². The van der Waals surface area contributed by atoms with Gasteiger partial charge in [0.2, 0.25) is 0 Å². The van der Waals surface area contributed by atoms with Gasteiger partial charge in [0.25, 0.3) is 0 Å². The fourth-order valence-corrected chi connectivity index (χ4v) is 2.04. The van der Waals surface area contributed by atoms with Crippen molar-refractivity contribution in [1.82, 2.24) is 0 Å². The van der Waals surface area contributed by atoms with Crippen molar-refractivity contribution in [1.29, 1.82) is 0 Å². The van der Waals surface area contributed by atoms with E-state index in [0.29, 0.717) is 11.1 Å². The van der Waals surface area contributed by atoms with Gasteiger partial charge in [-0.25, -0.2) is 0 Å². The second-order valence-corrected chi connectivity index (χ2v) is 4.83. The van der Waals surface area contributed by atoms with Gasteiger partial charge in [0.15, 0.2) is 0 Å². The summed E-state index contributed by atoms with van der Waals surface area (Å²) in [5, 5.41) is 10.2. The maximum absolute atomic E-state index is 9.50. The van der Waals surface area contributed by atoms with E-state index in [2.05, 4.69) is 25.3 Å². The van der Waals surface area contributed by atoms with Crippen LogP contribution in [-0.2, 0) is 0 Å². The molecule has 0 spiro atoms. The molecule has 0 saturated heterocycles. The van der Waals surface area contributed by atoms with Gasteiger partial charge in [-0.3, -0.25) is 0 Å². The van der Waals surface area contributed by atoms with Crippen molar-refractivity contribution >= 4 is 17.3 Å². The van der Waals surface area contributed by atoms with Crippen LogP contribution in [0, 0.1) is 0 Å². The Labute approximate surface area is 109 Å². The second-order valence-electron chi connectivity index (χ2n) is 4.42. The number of nitrogens with zero attached hydrogens (tertiary/aromatic N) is 1. The third kappa shape index (κ3) is 3.48. The number of hydrogen-bond donors (Lipinski definition) is 1. The fourth-order valence-electron chi connectivity index (χ4n) is 1.74. The van der Waals surface area contributed by atoms with Gasteiger partial charge in [0, 0.05) is 12.6 Å². The molecule has 2 nitrogen and oxygen atoms in total. The monoisotopic (exact) mass is 253 g/mol. The zero-order chi connectivity index (χ0) is 13.0. The summed E-state index contributed by atoms with van der Waals surface area (Å²) in [6, 6.07) is 6.03. The molecule has 1 aromatic rings. The van der Waals surface area contributed by atoms with Gasteiger partial charge in [0.1, 0.15) is 0 Å². The highest BCUT2D eigenvalue weighted by molar-refractivity contribution is 6.33. The van der Waals surface area contributed by atoms with E-state index in [0.717, 1.165) is 17.8 Å². The number of anilines is 1. The number of aliphatic hydroxyl groups is 1. The number of halogens is 1. The van der Waals surface area contributed by atoms with Crippen molar-refractivity contribution in [2.45, 2.75) is 32.9 Å². The zero-order valence-corrected chi connectivity index (χ0v) is 11.4. The third-order valence-corrected chi connectivity index (χ3v) is 3.02. The summed E-state index contributed by atoms with van der Waals surface area (Å²) in [5.74, 6) is 0. The molecule has 1 aromatic carbocycles. The lowest BCUT2D eigenvalue weighted by atomic mass is 10.1. The SMILES string of the molecule is C=CCN(c1ccc(C(C)O)cc1Cl)C(C)C.